The van der Waals surface area contributed by atoms with Gasteiger partial charge in [-0.2, -0.15) is 0 Å². The van der Waals surface area contributed by atoms with Crippen molar-refractivity contribution in [1.82, 2.24) is 4.90 Å². The van der Waals surface area contributed by atoms with E-state index in [1.54, 1.807) is 0 Å². The summed E-state index contributed by atoms with van der Waals surface area (Å²) < 4.78 is 0. The molecule has 1 aliphatic rings. The molecule has 78 valence electrons. The molecule has 1 aliphatic heterocycles. The Morgan fingerprint density at radius 1 is 1.54 bits per heavy atom. The smallest absolute Gasteiger partial charge is 0.0679 e. The van der Waals surface area contributed by atoms with Crippen LogP contribution in [0.1, 0.15) is 26.7 Å². The van der Waals surface area contributed by atoms with Gasteiger partial charge in [-0.1, -0.05) is 13.8 Å². The molecule has 1 fully saturated rings. The highest BCUT2D eigenvalue weighted by molar-refractivity contribution is 4.81. The molecule has 2 atom stereocenters. The monoisotopic (exact) mass is 187 g/mol. The average molecular weight is 187 g/mol. The maximum atomic E-state index is 9.34. The van der Waals surface area contributed by atoms with Crippen LogP contribution >= 0.6 is 0 Å². The van der Waals surface area contributed by atoms with Crippen LogP contribution in [0.15, 0.2) is 0 Å². The number of β-amino-alcohol motifs (C(OH)–C–C–N with tert-alkyl or cyclic N) is 1. The Morgan fingerprint density at radius 2 is 2.23 bits per heavy atom. The van der Waals surface area contributed by atoms with Crippen molar-refractivity contribution >= 4 is 0 Å². The molecule has 0 bridgehead atoms. The standard InChI is InChI=1S/C10H21NO2/c1-3-10(2,8-12)7-11-5-4-9(13)6-11/h9,12-13H,3-8H2,1-2H3/t9-,10-/m1/s1. The number of nitrogens with zero attached hydrogens (tertiary/aromatic N) is 1. The van der Waals surface area contributed by atoms with Gasteiger partial charge in [0.15, 0.2) is 0 Å². The first-order valence-electron chi connectivity index (χ1n) is 5.11. The van der Waals surface area contributed by atoms with Gasteiger partial charge in [-0.25, -0.2) is 0 Å². The summed E-state index contributed by atoms with van der Waals surface area (Å²) in [5.41, 5.74) is 0.00403. The lowest BCUT2D eigenvalue weighted by Gasteiger charge is -2.30. The Bertz CT molecular complexity index is 157. The van der Waals surface area contributed by atoms with E-state index in [-0.39, 0.29) is 18.1 Å². The van der Waals surface area contributed by atoms with Crippen molar-refractivity contribution in [3.8, 4) is 0 Å². The summed E-state index contributed by atoms with van der Waals surface area (Å²) in [5, 5.41) is 18.6. The second kappa shape index (κ2) is 4.40. The van der Waals surface area contributed by atoms with E-state index in [0.717, 1.165) is 32.5 Å². The Morgan fingerprint density at radius 3 is 2.62 bits per heavy atom. The minimum absolute atomic E-state index is 0.00403. The number of rotatable bonds is 4. The molecule has 1 saturated heterocycles. The molecule has 1 rings (SSSR count). The largest absolute Gasteiger partial charge is 0.396 e. The van der Waals surface area contributed by atoms with Crippen molar-refractivity contribution in [3.63, 3.8) is 0 Å². The van der Waals surface area contributed by atoms with Crippen LogP contribution in [0.2, 0.25) is 0 Å². The van der Waals surface area contributed by atoms with Gasteiger partial charge in [-0.05, 0) is 12.8 Å². The van der Waals surface area contributed by atoms with Crippen LogP contribution in [0.25, 0.3) is 0 Å². The van der Waals surface area contributed by atoms with Gasteiger partial charge in [-0.15, -0.1) is 0 Å². The quantitative estimate of drug-likeness (QED) is 0.672. The first-order chi connectivity index (χ1) is 6.09. The summed E-state index contributed by atoms with van der Waals surface area (Å²) in [4.78, 5) is 2.24. The molecule has 0 aromatic carbocycles. The third kappa shape index (κ3) is 2.93. The van der Waals surface area contributed by atoms with Crippen LogP contribution in [0, 0.1) is 5.41 Å². The van der Waals surface area contributed by atoms with Gasteiger partial charge in [0.25, 0.3) is 0 Å². The van der Waals surface area contributed by atoms with E-state index in [0.29, 0.717) is 0 Å². The maximum Gasteiger partial charge on any atom is 0.0679 e. The predicted octanol–water partition coefficient (Wildman–Crippen LogP) is 0.462. The van der Waals surface area contributed by atoms with E-state index >= 15 is 0 Å². The molecular formula is C10H21NO2. The van der Waals surface area contributed by atoms with Gasteiger partial charge in [-0.3, -0.25) is 0 Å². The molecule has 0 aromatic rings. The minimum atomic E-state index is -0.153. The molecule has 1 heterocycles. The number of aliphatic hydroxyl groups is 2. The van der Waals surface area contributed by atoms with Gasteiger partial charge in [0.05, 0.1) is 6.10 Å². The first-order valence-corrected chi connectivity index (χ1v) is 5.11. The summed E-state index contributed by atoms with van der Waals surface area (Å²) in [5.74, 6) is 0. The summed E-state index contributed by atoms with van der Waals surface area (Å²) >= 11 is 0. The van der Waals surface area contributed by atoms with Crippen LogP contribution in [0.5, 0.6) is 0 Å². The molecule has 0 spiro atoms. The van der Waals surface area contributed by atoms with Crippen molar-refractivity contribution in [2.45, 2.75) is 32.8 Å². The zero-order valence-electron chi connectivity index (χ0n) is 8.66. The first kappa shape index (κ1) is 11.0. The van der Waals surface area contributed by atoms with Gasteiger partial charge in [0, 0.05) is 31.7 Å². The SMILES string of the molecule is CC[C@@](C)(CO)CN1CC[C@@H](O)C1. The number of hydrogen-bond acceptors (Lipinski definition) is 3. The lowest BCUT2D eigenvalue weighted by Crippen LogP contribution is -2.37. The van der Waals surface area contributed by atoms with Crippen LogP contribution in [0.3, 0.4) is 0 Å². The number of likely N-dealkylation sites (tertiary alicyclic amines) is 1. The zero-order valence-corrected chi connectivity index (χ0v) is 8.66. The van der Waals surface area contributed by atoms with Gasteiger partial charge in [0.1, 0.15) is 0 Å². The molecule has 0 radical (unpaired) electrons. The van der Waals surface area contributed by atoms with Crippen LogP contribution in [-0.2, 0) is 0 Å². The highest BCUT2D eigenvalue weighted by Gasteiger charge is 2.28. The van der Waals surface area contributed by atoms with E-state index in [1.807, 2.05) is 0 Å². The number of hydrogen-bond donors (Lipinski definition) is 2. The summed E-state index contributed by atoms with van der Waals surface area (Å²) in [6.07, 6.45) is 1.71. The van der Waals surface area contributed by atoms with Crippen molar-refractivity contribution < 1.29 is 10.2 Å². The normalized spacial score (nSPS) is 29.1. The second-order valence-electron chi connectivity index (χ2n) is 4.50. The van der Waals surface area contributed by atoms with Crippen molar-refractivity contribution in [2.24, 2.45) is 5.41 Å². The Kier molecular flexibility index (Phi) is 3.71. The van der Waals surface area contributed by atoms with Gasteiger partial charge in [0.2, 0.25) is 0 Å². The van der Waals surface area contributed by atoms with E-state index in [1.165, 1.54) is 0 Å². The second-order valence-corrected chi connectivity index (χ2v) is 4.50. The van der Waals surface area contributed by atoms with E-state index in [4.69, 9.17) is 0 Å². The van der Waals surface area contributed by atoms with Crippen molar-refractivity contribution in [3.05, 3.63) is 0 Å². The van der Waals surface area contributed by atoms with Crippen LogP contribution in [-0.4, -0.2) is 47.5 Å². The molecule has 3 heteroatoms. The third-order valence-electron chi connectivity index (χ3n) is 3.09. The average Bonchev–Trinajstić information content (AvgIpc) is 2.51. The predicted molar refractivity (Wildman–Crippen MR) is 52.5 cm³/mol. The Hall–Kier alpha value is -0.120. The summed E-state index contributed by atoms with van der Waals surface area (Å²) in [6, 6.07) is 0. The lowest BCUT2D eigenvalue weighted by atomic mass is 9.88. The Balaban J connectivity index is 2.38. The van der Waals surface area contributed by atoms with Crippen LogP contribution in [0.4, 0.5) is 0 Å². The van der Waals surface area contributed by atoms with E-state index < -0.39 is 0 Å². The molecule has 2 N–H and O–H groups in total. The van der Waals surface area contributed by atoms with Crippen molar-refractivity contribution in [2.75, 3.05) is 26.2 Å². The maximum absolute atomic E-state index is 9.34. The van der Waals surface area contributed by atoms with Gasteiger partial charge >= 0.3 is 0 Å². The zero-order chi connectivity index (χ0) is 9.90. The fourth-order valence-electron chi connectivity index (χ4n) is 1.77. The molecule has 3 nitrogen and oxygen atoms in total. The van der Waals surface area contributed by atoms with E-state index in [9.17, 15) is 10.2 Å². The van der Waals surface area contributed by atoms with Crippen molar-refractivity contribution in [1.29, 1.82) is 0 Å². The molecule has 0 saturated carbocycles. The fraction of sp³-hybridized carbons (Fsp3) is 1.00. The number of aliphatic hydroxyl groups excluding tert-OH is 2. The lowest BCUT2D eigenvalue weighted by molar-refractivity contribution is 0.0869. The molecule has 0 aliphatic carbocycles. The highest BCUT2D eigenvalue weighted by Crippen LogP contribution is 2.23. The van der Waals surface area contributed by atoms with Crippen LogP contribution < -0.4 is 0 Å². The van der Waals surface area contributed by atoms with E-state index in [2.05, 4.69) is 18.7 Å². The Labute approximate surface area is 80.4 Å². The summed E-state index contributed by atoms with van der Waals surface area (Å²) in [7, 11) is 0. The minimum Gasteiger partial charge on any atom is -0.396 e. The third-order valence-corrected chi connectivity index (χ3v) is 3.09. The van der Waals surface area contributed by atoms with Gasteiger partial charge < -0.3 is 15.1 Å². The molecule has 0 unspecified atom stereocenters. The topological polar surface area (TPSA) is 43.7 Å². The molecule has 0 amide bonds. The highest BCUT2D eigenvalue weighted by atomic mass is 16.3. The summed E-state index contributed by atoms with van der Waals surface area (Å²) in [6.45, 7) is 7.07. The molecular weight excluding hydrogens is 166 g/mol. The fourth-order valence-corrected chi connectivity index (χ4v) is 1.77. The molecule has 0 aromatic heterocycles. The molecule has 13 heavy (non-hydrogen) atoms.